The van der Waals surface area contributed by atoms with Crippen LogP contribution in [-0.4, -0.2) is 24.0 Å². The Morgan fingerprint density at radius 3 is 2.52 bits per heavy atom. The van der Waals surface area contributed by atoms with Gasteiger partial charge in [0.1, 0.15) is 0 Å². The van der Waals surface area contributed by atoms with Gasteiger partial charge in [-0.1, -0.05) is 42.5 Å². The van der Waals surface area contributed by atoms with Crippen LogP contribution in [0.5, 0.6) is 0 Å². The van der Waals surface area contributed by atoms with Crippen molar-refractivity contribution in [3.63, 3.8) is 0 Å². The molecule has 0 aromatic heterocycles. The standard InChI is InChI=1S/C19H26N2/c1-14(2)21(12-15-10-11-15)13-19(20)18-9-5-7-16-6-3-4-8-17(16)18/h3-9,14-15,19H,10-13,20H2,1-2H3. The van der Waals surface area contributed by atoms with E-state index in [-0.39, 0.29) is 6.04 Å². The van der Waals surface area contributed by atoms with Crippen LogP contribution in [0, 0.1) is 5.92 Å². The molecule has 0 bridgehead atoms. The Morgan fingerprint density at radius 1 is 1.10 bits per heavy atom. The summed E-state index contributed by atoms with van der Waals surface area (Å²) in [5, 5.41) is 2.58. The van der Waals surface area contributed by atoms with Crippen LogP contribution < -0.4 is 5.73 Å². The monoisotopic (exact) mass is 282 g/mol. The summed E-state index contributed by atoms with van der Waals surface area (Å²) in [5.41, 5.74) is 7.83. The molecule has 1 unspecified atom stereocenters. The van der Waals surface area contributed by atoms with Gasteiger partial charge in [-0.2, -0.15) is 0 Å². The maximum absolute atomic E-state index is 6.55. The van der Waals surface area contributed by atoms with E-state index in [4.69, 9.17) is 5.73 Å². The maximum atomic E-state index is 6.55. The number of hydrogen-bond acceptors (Lipinski definition) is 2. The maximum Gasteiger partial charge on any atom is 0.0430 e. The highest BCUT2D eigenvalue weighted by Gasteiger charge is 2.26. The summed E-state index contributed by atoms with van der Waals surface area (Å²) in [5.74, 6) is 0.909. The molecule has 1 saturated carbocycles. The molecule has 0 spiro atoms. The van der Waals surface area contributed by atoms with Crippen LogP contribution in [0.25, 0.3) is 10.8 Å². The van der Waals surface area contributed by atoms with Gasteiger partial charge in [0.25, 0.3) is 0 Å². The van der Waals surface area contributed by atoms with Gasteiger partial charge in [-0.05, 0) is 48.9 Å². The fourth-order valence-electron chi connectivity index (χ4n) is 3.05. The van der Waals surface area contributed by atoms with E-state index in [2.05, 4.69) is 61.2 Å². The van der Waals surface area contributed by atoms with Gasteiger partial charge in [-0.15, -0.1) is 0 Å². The quantitative estimate of drug-likeness (QED) is 0.869. The second kappa shape index (κ2) is 6.17. The summed E-state index contributed by atoms with van der Waals surface area (Å²) >= 11 is 0. The van der Waals surface area contributed by atoms with Crippen molar-refractivity contribution < 1.29 is 0 Å². The predicted molar refractivity (Wildman–Crippen MR) is 90.3 cm³/mol. The Morgan fingerprint density at radius 2 is 1.81 bits per heavy atom. The fourth-order valence-corrected chi connectivity index (χ4v) is 3.05. The highest BCUT2D eigenvalue weighted by Crippen LogP contribution is 2.31. The molecule has 1 fully saturated rings. The van der Waals surface area contributed by atoms with Gasteiger partial charge in [-0.3, -0.25) is 4.90 Å². The third-order valence-corrected chi connectivity index (χ3v) is 4.57. The van der Waals surface area contributed by atoms with Crippen molar-refractivity contribution in [3.05, 3.63) is 48.0 Å². The number of hydrogen-bond donors (Lipinski definition) is 1. The van der Waals surface area contributed by atoms with E-state index in [1.54, 1.807) is 0 Å². The van der Waals surface area contributed by atoms with Crippen LogP contribution in [0.3, 0.4) is 0 Å². The average molecular weight is 282 g/mol. The van der Waals surface area contributed by atoms with Gasteiger partial charge in [0.2, 0.25) is 0 Å². The molecule has 112 valence electrons. The number of nitrogens with zero attached hydrogens (tertiary/aromatic N) is 1. The molecule has 2 heteroatoms. The lowest BCUT2D eigenvalue weighted by Crippen LogP contribution is -2.38. The van der Waals surface area contributed by atoms with Crippen molar-refractivity contribution >= 4 is 10.8 Å². The molecule has 1 aliphatic rings. The van der Waals surface area contributed by atoms with E-state index in [0.29, 0.717) is 6.04 Å². The number of rotatable bonds is 6. The second-order valence-electron chi connectivity index (χ2n) is 6.67. The minimum atomic E-state index is 0.0808. The molecule has 3 rings (SSSR count). The molecule has 2 aromatic rings. The first kappa shape index (κ1) is 14.6. The normalized spacial score (nSPS) is 16.8. The highest BCUT2D eigenvalue weighted by atomic mass is 15.2. The molecule has 2 N–H and O–H groups in total. The number of fused-ring (bicyclic) bond motifs is 1. The lowest BCUT2D eigenvalue weighted by molar-refractivity contribution is 0.200. The van der Waals surface area contributed by atoms with Crippen LogP contribution in [0.1, 0.15) is 38.3 Å². The lowest BCUT2D eigenvalue weighted by atomic mass is 9.98. The zero-order valence-corrected chi connectivity index (χ0v) is 13.1. The van der Waals surface area contributed by atoms with Gasteiger partial charge >= 0.3 is 0 Å². The summed E-state index contributed by atoms with van der Waals surface area (Å²) in [6.07, 6.45) is 2.79. The molecule has 0 radical (unpaired) electrons. The predicted octanol–water partition coefficient (Wildman–Crippen LogP) is 3.96. The van der Waals surface area contributed by atoms with Crippen LogP contribution in [0.15, 0.2) is 42.5 Å². The largest absolute Gasteiger partial charge is 0.323 e. The van der Waals surface area contributed by atoms with Gasteiger partial charge in [0.15, 0.2) is 0 Å². The fraction of sp³-hybridized carbons (Fsp3) is 0.474. The number of nitrogens with two attached hydrogens (primary N) is 1. The van der Waals surface area contributed by atoms with Crippen molar-refractivity contribution in [2.24, 2.45) is 11.7 Å². The van der Waals surface area contributed by atoms with E-state index in [9.17, 15) is 0 Å². The molecule has 2 nitrogen and oxygen atoms in total. The number of benzene rings is 2. The van der Waals surface area contributed by atoms with Gasteiger partial charge < -0.3 is 5.73 Å². The molecular formula is C19H26N2. The third-order valence-electron chi connectivity index (χ3n) is 4.57. The Balaban J connectivity index is 1.80. The summed E-state index contributed by atoms with van der Waals surface area (Å²) in [7, 11) is 0. The first-order valence-electron chi connectivity index (χ1n) is 8.12. The summed E-state index contributed by atoms with van der Waals surface area (Å²) in [6, 6.07) is 15.6. The van der Waals surface area contributed by atoms with E-state index in [1.807, 2.05) is 0 Å². The molecule has 2 aromatic carbocycles. The third kappa shape index (κ3) is 3.45. The van der Waals surface area contributed by atoms with Crippen LogP contribution in [0.4, 0.5) is 0 Å². The highest BCUT2D eigenvalue weighted by molar-refractivity contribution is 5.86. The summed E-state index contributed by atoms with van der Waals surface area (Å²) < 4.78 is 0. The molecule has 0 heterocycles. The Bertz CT molecular complexity index is 596. The van der Waals surface area contributed by atoms with Gasteiger partial charge in [0, 0.05) is 25.2 Å². The van der Waals surface area contributed by atoms with E-state index >= 15 is 0 Å². The Kier molecular flexibility index (Phi) is 4.27. The Labute approximate surface area is 127 Å². The second-order valence-corrected chi connectivity index (χ2v) is 6.67. The van der Waals surface area contributed by atoms with Crippen molar-refractivity contribution in [1.82, 2.24) is 4.90 Å². The molecule has 0 saturated heterocycles. The zero-order valence-electron chi connectivity index (χ0n) is 13.1. The summed E-state index contributed by atoms with van der Waals surface area (Å²) in [4.78, 5) is 2.55. The van der Waals surface area contributed by atoms with Crippen LogP contribution in [0.2, 0.25) is 0 Å². The van der Waals surface area contributed by atoms with Crippen molar-refractivity contribution in [3.8, 4) is 0 Å². The molecule has 1 atom stereocenters. The van der Waals surface area contributed by atoms with E-state index in [1.165, 1.54) is 35.7 Å². The minimum Gasteiger partial charge on any atom is -0.323 e. The van der Waals surface area contributed by atoms with E-state index < -0.39 is 0 Å². The van der Waals surface area contributed by atoms with Crippen molar-refractivity contribution in [2.75, 3.05) is 13.1 Å². The smallest absolute Gasteiger partial charge is 0.0430 e. The van der Waals surface area contributed by atoms with Crippen molar-refractivity contribution in [2.45, 2.75) is 38.8 Å². The zero-order chi connectivity index (χ0) is 14.8. The van der Waals surface area contributed by atoms with Gasteiger partial charge in [-0.25, -0.2) is 0 Å². The van der Waals surface area contributed by atoms with Gasteiger partial charge in [0.05, 0.1) is 0 Å². The molecule has 21 heavy (non-hydrogen) atoms. The van der Waals surface area contributed by atoms with Crippen LogP contribution in [-0.2, 0) is 0 Å². The molecule has 0 aliphatic heterocycles. The Hall–Kier alpha value is -1.38. The minimum absolute atomic E-state index is 0.0808. The summed E-state index contributed by atoms with van der Waals surface area (Å²) in [6.45, 7) is 6.70. The van der Waals surface area contributed by atoms with Crippen LogP contribution >= 0.6 is 0 Å². The topological polar surface area (TPSA) is 29.3 Å². The SMILES string of the molecule is CC(C)N(CC1CC1)CC(N)c1cccc2ccccc12. The van der Waals surface area contributed by atoms with E-state index in [0.717, 1.165) is 12.5 Å². The first-order chi connectivity index (χ1) is 10.1. The first-order valence-corrected chi connectivity index (χ1v) is 8.12. The molecule has 1 aliphatic carbocycles. The average Bonchev–Trinajstić information content (AvgIpc) is 3.29. The molecule has 0 amide bonds. The molecular weight excluding hydrogens is 256 g/mol. The van der Waals surface area contributed by atoms with Crippen molar-refractivity contribution in [1.29, 1.82) is 0 Å². The lowest BCUT2D eigenvalue weighted by Gasteiger charge is -2.29.